The monoisotopic (exact) mass is 460 g/mol. The second-order valence-electron chi connectivity index (χ2n) is 6.24. The molecule has 6 atom stereocenters. The van der Waals surface area contributed by atoms with Crippen molar-refractivity contribution >= 4 is 23.5 Å². The number of fused-ring (bicyclic) bond motifs is 1. The zero-order valence-corrected chi connectivity index (χ0v) is 16.4. The number of aliphatic hydroxyl groups excluding tert-OH is 1. The van der Waals surface area contributed by atoms with Gasteiger partial charge < -0.3 is 43.9 Å². The summed E-state index contributed by atoms with van der Waals surface area (Å²) in [7, 11) is -15.9. The summed E-state index contributed by atoms with van der Waals surface area (Å²) in [5, 5.41) is 10.3. The molecule has 0 amide bonds. The van der Waals surface area contributed by atoms with Gasteiger partial charge in [0.25, 0.3) is 0 Å². The van der Waals surface area contributed by atoms with Gasteiger partial charge in [-0.3, -0.25) is 13.6 Å². The van der Waals surface area contributed by atoms with Gasteiger partial charge >= 0.3 is 23.5 Å². The second-order valence-corrected chi connectivity index (χ2v) is 9.81. The summed E-state index contributed by atoms with van der Waals surface area (Å²) in [6, 6.07) is 0. The van der Waals surface area contributed by atoms with E-state index < -0.39 is 65.9 Å². The lowest BCUT2D eigenvalue weighted by molar-refractivity contribution is -0.181. The Balaban J connectivity index is 2.49. The molecule has 1 heterocycles. The molecule has 160 valence electrons. The minimum Gasteiger partial charge on any atom is -0.387 e. The highest BCUT2D eigenvalue weighted by molar-refractivity contribution is 7.46. The molecule has 0 aromatic rings. The summed E-state index contributed by atoms with van der Waals surface area (Å²) in [6.07, 6.45) is -11.5. The number of hydrogen-bond acceptors (Lipinski definition) is 9. The first kappa shape index (κ1) is 23.5. The third kappa shape index (κ3) is 6.34. The first-order valence-electron chi connectivity index (χ1n) is 7.14. The number of ether oxygens (including phenoxy) is 2. The Labute approximate surface area is 151 Å². The van der Waals surface area contributed by atoms with E-state index in [9.17, 15) is 18.8 Å². The van der Waals surface area contributed by atoms with E-state index in [1.807, 2.05) is 0 Å². The molecule has 0 bridgehead atoms. The molecule has 1 saturated carbocycles. The Morgan fingerprint density at radius 3 is 1.44 bits per heavy atom. The summed E-state index contributed by atoms with van der Waals surface area (Å²) < 4.78 is 57.7. The van der Waals surface area contributed by atoms with E-state index in [-0.39, 0.29) is 0 Å². The molecule has 0 radical (unpaired) electrons. The molecule has 0 aromatic carbocycles. The van der Waals surface area contributed by atoms with Crippen LogP contribution in [-0.2, 0) is 36.7 Å². The molecule has 2 rings (SSSR count). The molecular weight excluding hydrogens is 441 g/mol. The maximum absolute atomic E-state index is 11.3. The third-order valence-corrected chi connectivity index (χ3v) is 5.14. The number of phosphoric ester groups is 3. The largest absolute Gasteiger partial charge is 0.470 e. The van der Waals surface area contributed by atoms with Crippen molar-refractivity contribution in [2.45, 2.75) is 56.3 Å². The number of aliphatic hydroxyl groups is 1. The quantitative estimate of drug-likeness (QED) is 0.219. The fourth-order valence-electron chi connectivity index (χ4n) is 2.93. The predicted molar refractivity (Wildman–Crippen MR) is 80.6 cm³/mol. The molecule has 0 unspecified atom stereocenters. The molecule has 27 heavy (non-hydrogen) atoms. The molecule has 0 spiro atoms. The van der Waals surface area contributed by atoms with Crippen molar-refractivity contribution in [2.24, 2.45) is 0 Å². The molecule has 1 aliphatic heterocycles. The molecule has 7 N–H and O–H groups in total. The summed E-state index contributed by atoms with van der Waals surface area (Å²) in [6.45, 7) is 2.67. The fourth-order valence-corrected chi connectivity index (χ4v) is 4.61. The fraction of sp³-hybridized carbons (Fsp3) is 1.00. The van der Waals surface area contributed by atoms with Gasteiger partial charge in [-0.15, -0.1) is 0 Å². The Morgan fingerprint density at radius 2 is 1.04 bits per heavy atom. The Hall–Kier alpha value is 0.210. The van der Waals surface area contributed by atoms with Gasteiger partial charge in [-0.2, -0.15) is 0 Å². The van der Waals surface area contributed by atoms with Gasteiger partial charge in [0.15, 0.2) is 5.79 Å². The molecule has 1 saturated heterocycles. The van der Waals surface area contributed by atoms with E-state index in [0.717, 1.165) is 0 Å². The predicted octanol–water partition coefficient (Wildman–Crippen LogP) is -1.69. The summed E-state index contributed by atoms with van der Waals surface area (Å²) in [4.78, 5) is 54.3. The molecule has 1 aliphatic carbocycles. The van der Waals surface area contributed by atoms with Crippen molar-refractivity contribution in [1.82, 2.24) is 0 Å². The zero-order chi connectivity index (χ0) is 21.0. The van der Waals surface area contributed by atoms with Gasteiger partial charge in [0.05, 0.1) is 0 Å². The van der Waals surface area contributed by atoms with Crippen LogP contribution in [0, 0.1) is 0 Å². The Bertz CT molecular complexity index is 691. The van der Waals surface area contributed by atoms with Crippen LogP contribution in [-0.4, -0.2) is 76.9 Å². The standard InChI is InChI=1S/C9H19O15P3/c1-9(2)20-6-4(22-25(11,12)13)3(10)5(23-26(14,15)16)8(7(6)21-9)24-27(17,18)19/h3-8,10H,1-2H3,(H2,11,12,13)(H2,14,15,16)(H2,17,18,19)/t3-,4-,5+,6-,7-,8-/m1/s1. The van der Waals surface area contributed by atoms with E-state index >= 15 is 0 Å². The minimum absolute atomic E-state index is 1.33. The second kappa shape index (κ2) is 7.47. The highest BCUT2D eigenvalue weighted by Crippen LogP contribution is 2.52. The van der Waals surface area contributed by atoms with Crippen LogP contribution in [0.25, 0.3) is 0 Å². The third-order valence-electron chi connectivity index (χ3n) is 3.59. The Kier molecular flexibility index (Phi) is 6.50. The van der Waals surface area contributed by atoms with Gasteiger partial charge in [-0.25, -0.2) is 13.7 Å². The summed E-state index contributed by atoms with van der Waals surface area (Å²) in [5.41, 5.74) is 0. The lowest BCUT2D eigenvalue weighted by atomic mass is 9.85. The highest BCUT2D eigenvalue weighted by atomic mass is 31.2. The van der Waals surface area contributed by atoms with Crippen LogP contribution in [0.1, 0.15) is 13.8 Å². The summed E-state index contributed by atoms with van der Waals surface area (Å²) >= 11 is 0. The lowest BCUT2D eigenvalue weighted by Gasteiger charge is -2.43. The average Bonchev–Trinajstić information content (AvgIpc) is 2.71. The first-order chi connectivity index (χ1) is 11.9. The van der Waals surface area contributed by atoms with Gasteiger partial charge in [0, 0.05) is 0 Å². The average molecular weight is 460 g/mol. The Morgan fingerprint density at radius 1 is 0.704 bits per heavy atom. The number of phosphoric acid groups is 3. The van der Waals surface area contributed by atoms with Crippen LogP contribution < -0.4 is 0 Å². The van der Waals surface area contributed by atoms with Crippen molar-refractivity contribution in [3.05, 3.63) is 0 Å². The molecule has 15 nitrogen and oxygen atoms in total. The van der Waals surface area contributed by atoms with Crippen molar-refractivity contribution < 1.29 is 71.2 Å². The van der Waals surface area contributed by atoms with E-state index in [1.165, 1.54) is 13.8 Å². The van der Waals surface area contributed by atoms with Crippen molar-refractivity contribution in [3.8, 4) is 0 Å². The van der Waals surface area contributed by atoms with Crippen LogP contribution in [0.3, 0.4) is 0 Å². The van der Waals surface area contributed by atoms with Gasteiger partial charge in [-0.1, -0.05) is 0 Å². The van der Waals surface area contributed by atoms with Crippen molar-refractivity contribution in [1.29, 1.82) is 0 Å². The molecule has 18 heteroatoms. The van der Waals surface area contributed by atoms with E-state index in [2.05, 4.69) is 13.6 Å². The van der Waals surface area contributed by atoms with Crippen LogP contribution in [0.15, 0.2) is 0 Å². The summed E-state index contributed by atoms with van der Waals surface area (Å²) in [5.74, 6) is -1.49. The molecule has 0 aromatic heterocycles. The maximum atomic E-state index is 11.3. The molecule has 2 fully saturated rings. The normalized spacial score (nSPS) is 37.2. The van der Waals surface area contributed by atoms with Gasteiger partial charge in [0.2, 0.25) is 0 Å². The minimum atomic E-state index is -5.36. The van der Waals surface area contributed by atoms with Crippen LogP contribution >= 0.6 is 23.5 Å². The van der Waals surface area contributed by atoms with Crippen LogP contribution in [0.2, 0.25) is 0 Å². The smallest absolute Gasteiger partial charge is 0.387 e. The molecular formula is C9H19O15P3. The van der Waals surface area contributed by atoms with Crippen LogP contribution in [0.4, 0.5) is 0 Å². The lowest BCUT2D eigenvalue weighted by Crippen LogP contribution is -2.64. The number of hydrogen-bond donors (Lipinski definition) is 7. The van der Waals surface area contributed by atoms with Crippen molar-refractivity contribution in [2.75, 3.05) is 0 Å². The highest BCUT2D eigenvalue weighted by Gasteiger charge is 2.62. The van der Waals surface area contributed by atoms with E-state index in [4.69, 9.17) is 38.8 Å². The van der Waals surface area contributed by atoms with Crippen molar-refractivity contribution in [3.63, 3.8) is 0 Å². The van der Waals surface area contributed by atoms with Gasteiger partial charge in [-0.05, 0) is 13.8 Å². The first-order valence-corrected chi connectivity index (χ1v) is 11.7. The van der Waals surface area contributed by atoms with E-state index in [0.29, 0.717) is 0 Å². The van der Waals surface area contributed by atoms with Gasteiger partial charge in [0.1, 0.15) is 36.6 Å². The molecule has 2 aliphatic rings. The van der Waals surface area contributed by atoms with Crippen LogP contribution in [0.5, 0.6) is 0 Å². The SMILES string of the molecule is CC1(C)O[C@@H]2[C@H](O1)[C@H](OP(=O)(O)O)[C@@H](O)[C@H](OP(=O)(O)O)[C@H]2OP(=O)(O)O. The number of rotatable bonds is 6. The van der Waals surface area contributed by atoms with E-state index in [1.54, 1.807) is 0 Å². The topological polar surface area (TPSA) is 239 Å². The zero-order valence-electron chi connectivity index (χ0n) is 13.7. The maximum Gasteiger partial charge on any atom is 0.470 e.